The average Bonchev–Trinajstić information content (AvgIpc) is 3.14. The van der Waals surface area contributed by atoms with Gasteiger partial charge >= 0.3 is 0 Å². The number of likely N-dealkylation sites (tertiary alicyclic amines) is 1. The van der Waals surface area contributed by atoms with Gasteiger partial charge in [-0.1, -0.05) is 0 Å². The molecule has 1 N–H and O–H groups in total. The molecule has 0 spiro atoms. The van der Waals surface area contributed by atoms with E-state index in [1.54, 1.807) is 24.5 Å². The number of aromatic amines is 1. The van der Waals surface area contributed by atoms with E-state index in [0.717, 1.165) is 48.3 Å². The molecule has 3 heterocycles. The maximum Gasteiger partial charge on any atom is 0.123 e. The zero-order chi connectivity index (χ0) is 18.8. The minimum absolute atomic E-state index is 0.260. The summed E-state index contributed by atoms with van der Waals surface area (Å²) >= 11 is 0. The van der Waals surface area contributed by atoms with Crippen LogP contribution in [0.5, 0.6) is 0 Å². The molecule has 27 heavy (non-hydrogen) atoms. The van der Waals surface area contributed by atoms with Crippen LogP contribution in [0, 0.1) is 17.1 Å². The summed E-state index contributed by atoms with van der Waals surface area (Å²) in [4.78, 5) is 10.00. The van der Waals surface area contributed by atoms with E-state index in [9.17, 15) is 9.65 Å². The standard InChI is InChI=1S/C22H21FN4/c1-27-10-7-15(8-11-27)21-12-20(19-6-9-25-14-17(19)13-24)22(26-21)16-2-4-18(23)5-3-16/h2-6,9,12,14-15,26H,7-8,10-11H2,1H3. The molecule has 1 saturated heterocycles. The lowest BCUT2D eigenvalue weighted by atomic mass is 9.93. The molecule has 3 aromatic rings. The van der Waals surface area contributed by atoms with Gasteiger partial charge in [-0.25, -0.2) is 4.39 Å². The first-order chi connectivity index (χ1) is 13.2. The normalized spacial score (nSPS) is 15.6. The highest BCUT2D eigenvalue weighted by Gasteiger charge is 2.23. The number of nitrogens with one attached hydrogen (secondary N) is 1. The van der Waals surface area contributed by atoms with Crippen molar-refractivity contribution >= 4 is 0 Å². The van der Waals surface area contributed by atoms with Crippen molar-refractivity contribution in [2.45, 2.75) is 18.8 Å². The van der Waals surface area contributed by atoms with Crippen LogP contribution in [-0.2, 0) is 0 Å². The molecule has 0 atom stereocenters. The van der Waals surface area contributed by atoms with E-state index in [4.69, 9.17) is 0 Å². The second-order valence-corrected chi connectivity index (χ2v) is 7.13. The number of aromatic nitrogens is 2. The number of piperidine rings is 1. The Balaban J connectivity index is 1.83. The number of pyridine rings is 1. The lowest BCUT2D eigenvalue weighted by Gasteiger charge is -2.28. The van der Waals surface area contributed by atoms with Crippen molar-refractivity contribution in [3.63, 3.8) is 0 Å². The van der Waals surface area contributed by atoms with E-state index in [2.05, 4.69) is 34.1 Å². The quantitative estimate of drug-likeness (QED) is 0.745. The van der Waals surface area contributed by atoms with Crippen molar-refractivity contribution in [1.29, 1.82) is 5.26 Å². The average molecular weight is 360 g/mol. The highest BCUT2D eigenvalue weighted by molar-refractivity contribution is 5.84. The Kier molecular flexibility index (Phi) is 4.74. The van der Waals surface area contributed by atoms with Crippen molar-refractivity contribution in [3.8, 4) is 28.5 Å². The van der Waals surface area contributed by atoms with Crippen molar-refractivity contribution in [2.24, 2.45) is 0 Å². The van der Waals surface area contributed by atoms with Crippen LogP contribution >= 0.6 is 0 Å². The molecule has 0 bridgehead atoms. The fourth-order valence-corrected chi connectivity index (χ4v) is 3.79. The van der Waals surface area contributed by atoms with E-state index < -0.39 is 0 Å². The topological polar surface area (TPSA) is 55.7 Å². The van der Waals surface area contributed by atoms with E-state index in [0.29, 0.717) is 11.5 Å². The van der Waals surface area contributed by atoms with Gasteiger partial charge in [-0.05, 0) is 74.9 Å². The van der Waals surface area contributed by atoms with E-state index >= 15 is 0 Å². The van der Waals surface area contributed by atoms with Crippen LogP contribution in [0.3, 0.4) is 0 Å². The lowest BCUT2D eigenvalue weighted by Crippen LogP contribution is -2.29. The number of nitriles is 1. The number of nitrogens with zero attached hydrogens (tertiary/aromatic N) is 3. The van der Waals surface area contributed by atoms with Gasteiger partial charge in [0.2, 0.25) is 0 Å². The van der Waals surface area contributed by atoms with Crippen molar-refractivity contribution in [1.82, 2.24) is 14.9 Å². The molecular formula is C22H21FN4. The monoisotopic (exact) mass is 360 g/mol. The summed E-state index contributed by atoms with van der Waals surface area (Å²) in [5.41, 5.74) is 5.36. The van der Waals surface area contributed by atoms with Gasteiger partial charge in [0, 0.05) is 35.1 Å². The third kappa shape index (κ3) is 3.49. The van der Waals surface area contributed by atoms with Gasteiger partial charge in [-0.3, -0.25) is 4.98 Å². The number of rotatable bonds is 3. The largest absolute Gasteiger partial charge is 0.358 e. The van der Waals surface area contributed by atoms with Gasteiger partial charge in [-0.2, -0.15) is 5.26 Å². The van der Waals surface area contributed by atoms with E-state index in [1.807, 2.05) is 6.07 Å². The second-order valence-electron chi connectivity index (χ2n) is 7.13. The first-order valence-corrected chi connectivity index (χ1v) is 9.17. The highest BCUT2D eigenvalue weighted by Crippen LogP contribution is 2.38. The number of hydrogen-bond acceptors (Lipinski definition) is 3. The van der Waals surface area contributed by atoms with Crippen molar-refractivity contribution in [3.05, 3.63) is 65.9 Å². The highest BCUT2D eigenvalue weighted by atomic mass is 19.1. The Morgan fingerprint density at radius 1 is 1.15 bits per heavy atom. The predicted molar refractivity (Wildman–Crippen MR) is 104 cm³/mol. The Hall–Kier alpha value is -2.97. The predicted octanol–water partition coefficient (Wildman–Crippen LogP) is 4.56. The molecule has 0 unspecified atom stereocenters. The zero-order valence-electron chi connectivity index (χ0n) is 15.2. The Morgan fingerprint density at radius 2 is 1.89 bits per heavy atom. The minimum Gasteiger partial charge on any atom is -0.358 e. The first-order valence-electron chi connectivity index (χ1n) is 9.17. The molecule has 0 saturated carbocycles. The van der Waals surface area contributed by atoms with Crippen LogP contribution in [0.1, 0.15) is 30.0 Å². The third-order valence-electron chi connectivity index (χ3n) is 5.36. The van der Waals surface area contributed by atoms with Crippen LogP contribution in [-0.4, -0.2) is 35.0 Å². The van der Waals surface area contributed by atoms with Crippen LogP contribution in [0.15, 0.2) is 48.8 Å². The maximum atomic E-state index is 13.4. The summed E-state index contributed by atoms with van der Waals surface area (Å²) in [7, 11) is 2.15. The first kappa shape index (κ1) is 17.4. The van der Waals surface area contributed by atoms with Crippen molar-refractivity contribution in [2.75, 3.05) is 20.1 Å². The van der Waals surface area contributed by atoms with Gasteiger partial charge in [-0.15, -0.1) is 0 Å². The fourth-order valence-electron chi connectivity index (χ4n) is 3.79. The maximum absolute atomic E-state index is 13.4. The van der Waals surface area contributed by atoms with Gasteiger partial charge in [0.05, 0.1) is 11.3 Å². The number of benzene rings is 1. The summed E-state index contributed by atoms with van der Waals surface area (Å²) in [6.45, 7) is 2.15. The summed E-state index contributed by atoms with van der Waals surface area (Å²) in [6.07, 6.45) is 5.49. The third-order valence-corrected chi connectivity index (χ3v) is 5.36. The number of halogens is 1. The van der Waals surface area contributed by atoms with Gasteiger partial charge in [0.1, 0.15) is 11.9 Å². The van der Waals surface area contributed by atoms with Gasteiger partial charge < -0.3 is 9.88 Å². The summed E-state index contributed by atoms with van der Waals surface area (Å²) in [5.74, 6) is 0.200. The SMILES string of the molecule is CN1CCC(c2cc(-c3ccncc3C#N)c(-c3ccc(F)cc3)[nH]2)CC1. The molecule has 4 rings (SSSR count). The zero-order valence-corrected chi connectivity index (χ0v) is 15.2. The summed E-state index contributed by atoms with van der Waals surface area (Å²) in [6, 6.07) is 12.7. The molecule has 0 radical (unpaired) electrons. The van der Waals surface area contributed by atoms with Crippen molar-refractivity contribution < 1.29 is 4.39 Å². The fraction of sp³-hybridized carbons (Fsp3) is 0.273. The van der Waals surface area contributed by atoms with Crippen LogP contribution in [0.4, 0.5) is 4.39 Å². The van der Waals surface area contributed by atoms with E-state index in [-0.39, 0.29) is 5.82 Å². The Bertz CT molecular complexity index is 976. The summed E-state index contributed by atoms with van der Waals surface area (Å²) in [5, 5.41) is 9.51. The molecule has 1 aromatic carbocycles. The Labute approximate surface area is 158 Å². The molecule has 1 fully saturated rings. The van der Waals surface area contributed by atoms with Gasteiger partial charge in [0.25, 0.3) is 0 Å². The molecule has 0 aliphatic carbocycles. The van der Waals surface area contributed by atoms with Crippen LogP contribution in [0.2, 0.25) is 0 Å². The molecule has 136 valence electrons. The number of H-pyrrole nitrogens is 1. The smallest absolute Gasteiger partial charge is 0.123 e. The minimum atomic E-state index is -0.260. The molecule has 2 aromatic heterocycles. The van der Waals surface area contributed by atoms with Crippen LogP contribution < -0.4 is 0 Å². The summed E-state index contributed by atoms with van der Waals surface area (Å²) < 4.78 is 13.4. The molecule has 1 aliphatic rings. The lowest BCUT2D eigenvalue weighted by molar-refractivity contribution is 0.253. The van der Waals surface area contributed by atoms with E-state index in [1.165, 1.54) is 17.8 Å². The molecule has 0 amide bonds. The van der Waals surface area contributed by atoms with Gasteiger partial charge in [0.15, 0.2) is 0 Å². The molecule has 1 aliphatic heterocycles. The second kappa shape index (κ2) is 7.34. The molecule has 5 heteroatoms. The van der Waals surface area contributed by atoms with Crippen LogP contribution in [0.25, 0.3) is 22.4 Å². The molecular weight excluding hydrogens is 339 g/mol. The number of hydrogen-bond donors (Lipinski definition) is 1. The Morgan fingerprint density at radius 3 is 2.59 bits per heavy atom. The molecule has 4 nitrogen and oxygen atoms in total.